The molecule has 1 N–H and O–H groups in total. The molecule has 0 aliphatic carbocycles. The van der Waals surface area contributed by atoms with Crippen molar-refractivity contribution in [2.24, 2.45) is 0 Å². The van der Waals surface area contributed by atoms with Crippen molar-refractivity contribution in [1.29, 1.82) is 0 Å². The van der Waals surface area contributed by atoms with E-state index in [4.69, 9.17) is 0 Å². The standard InChI is InChI=1S/C11H17BrN4O/c1-15(2)8-3-5-16(6-4-8)10-9(12)11(17)14-7-13-10/h7-8H,3-6H2,1-2H3,(H,13,14,17). The summed E-state index contributed by atoms with van der Waals surface area (Å²) in [6.07, 6.45) is 3.67. The lowest BCUT2D eigenvalue weighted by atomic mass is 10.0. The molecule has 0 bridgehead atoms. The van der Waals surface area contributed by atoms with Crippen LogP contribution in [0.4, 0.5) is 5.82 Å². The minimum absolute atomic E-state index is 0.121. The molecule has 0 amide bonds. The first-order valence-electron chi connectivity index (χ1n) is 5.74. The number of hydrogen-bond donors (Lipinski definition) is 1. The number of H-pyrrole nitrogens is 1. The molecule has 6 heteroatoms. The Balaban J connectivity index is 2.11. The minimum atomic E-state index is -0.121. The molecule has 5 nitrogen and oxygen atoms in total. The zero-order chi connectivity index (χ0) is 12.4. The summed E-state index contributed by atoms with van der Waals surface area (Å²) in [7, 11) is 4.23. The summed E-state index contributed by atoms with van der Waals surface area (Å²) in [4.78, 5) is 22.7. The molecule has 0 saturated carbocycles. The van der Waals surface area contributed by atoms with Crippen LogP contribution in [-0.4, -0.2) is 48.1 Å². The van der Waals surface area contributed by atoms with Gasteiger partial charge in [-0.2, -0.15) is 0 Å². The molecule has 1 saturated heterocycles. The predicted octanol–water partition coefficient (Wildman–Crippen LogP) is 1.06. The molecule has 1 fully saturated rings. The van der Waals surface area contributed by atoms with Crippen LogP contribution in [0, 0.1) is 0 Å². The van der Waals surface area contributed by atoms with E-state index < -0.39 is 0 Å². The number of aromatic amines is 1. The Labute approximate surface area is 109 Å². The Bertz CT molecular complexity index is 437. The summed E-state index contributed by atoms with van der Waals surface area (Å²) < 4.78 is 0.531. The molecular weight excluding hydrogens is 284 g/mol. The van der Waals surface area contributed by atoms with Crippen LogP contribution in [0.25, 0.3) is 0 Å². The van der Waals surface area contributed by atoms with Gasteiger partial charge in [-0.3, -0.25) is 4.79 Å². The first-order valence-corrected chi connectivity index (χ1v) is 6.53. The number of nitrogens with zero attached hydrogens (tertiary/aromatic N) is 3. The maximum absolute atomic E-state index is 11.5. The second kappa shape index (κ2) is 5.18. The highest BCUT2D eigenvalue weighted by atomic mass is 79.9. The Morgan fingerprint density at radius 3 is 2.71 bits per heavy atom. The SMILES string of the molecule is CN(C)C1CCN(c2nc[nH]c(=O)c2Br)CC1. The monoisotopic (exact) mass is 300 g/mol. The molecule has 0 aromatic carbocycles. The Morgan fingerprint density at radius 1 is 1.47 bits per heavy atom. The van der Waals surface area contributed by atoms with Crippen LogP contribution in [0.15, 0.2) is 15.6 Å². The summed E-state index contributed by atoms with van der Waals surface area (Å²) in [5.74, 6) is 0.756. The zero-order valence-corrected chi connectivity index (χ0v) is 11.7. The van der Waals surface area contributed by atoms with Crippen molar-refractivity contribution in [2.45, 2.75) is 18.9 Å². The predicted molar refractivity (Wildman–Crippen MR) is 71.5 cm³/mol. The molecule has 94 valence electrons. The van der Waals surface area contributed by atoms with Crippen molar-refractivity contribution in [3.63, 3.8) is 0 Å². The van der Waals surface area contributed by atoms with E-state index in [9.17, 15) is 4.79 Å². The summed E-state index contributed by atoms with van der Waals surface area (Å²) >= 11 is 3.30. The van der Waals surface area contributed by atoms with Gasteiger partial charge in [0.25, 0.3) is 5.56 Å². The maximum atomic E-state index is 11.5. The fourth-order valence-electron chi connectivity index (χ4n) is 2.19. The van der Waals surface area contributed by atoms with Crippen LogP contribution >= 0.6 is 15.9 Å². The van der Waals surface area contributed by atoms with Gasteiger partial charge in [-0.05, 0) is 42.9 Å². The van der Waals surface area contributed by atoms with Gasteiger partial charge in [-0.1, -0.05) is 0 Å². The highest BCUT2D eigenvalue weighted by molar-refractivity contribution is 9.10. The van der Waals surface area contributed by atoms with E-state index in [1.807, 2.05) is 0 Å². The maximum Gasteiger partial charge on any atom is 0.267 e. The van der Waals surface area contributed by atoms with Gasteiger partial charge in [0.1, 0.15) is 10.3 Å². The van der Waals surface area contributed by atoms with Crippen molar-refractivity contribution >= 4 is 21.7 Å². The highest BCUT2D eigenvalue weighted by Crippen LogP contribution is 2.23. The van der Waals surface area contributed by atoms with Crippen LogP contribution in [0.1, 0.15) is 12.8 Å². The van der Waals surface area contributed by atoms with Gasteiger partial charge in [0.2, 0.25) is 0 Å². The van der Waals surface area contributed by atoms with Gasteiger partial charge in [0.05, 0.1) is 6.33 Å². The van der Waals surface area contributed by atoms with E-state index >= 15 is 0 Å². The second-order valence-electron chi connectivity index (χ2n) is 4.55. The van der Waals surface area contributed by atoms with Crippen molar-refractivity contribution in [3.05, 3.63) is 21.2 Å². The average molecular weight is 301 g/mol. The van der Waals surface area contributed by atoms with Crippen LogP contribution in [0.3, 0.4) is 0 Å². The van der Waals surface area contributed by atoms with Crippen molar-refractivity contribution in [2.75, 3.05) is 32.1 Å². The third-order valence-electron chi connectivity index (χ3n) is 3.27. The lowest BCUT2D eigenvalue weighted by molar-refractivity contribution is 0.249. The molecule has 1 aliphatic heterocycles. The normalized spacial score (nSPS) is 17.8. The number of anilines is 1. The first-order chi connectivity index (χ1) is 8.09. The van der Waals surface area contributed by atoms with Crippen molar-refractivity contribution in [1.82, 2.24) is 14.9 Å². The molecule has 2 rings (SSSR count). The van der Waals surface area contributed by atoms with Crippen LogP contribution in [0.5, 0.6) is 0 Å². The van der Waals surface area contributed by atoms with Crippen LogP contribution in [-0.2, 0) is 0 Å². The van der Waals surface area contributed by atoms with Crippen molar-refractivity contribution < 1.29 is 0 Å². The molecule has 0 radical (unpaired) electrons. The summed E-state index contributed by atoms with van der Waals surface area (Å²) in [5.41, 5.74) is -0.121. The molecule has 0 spiro atoms. The molecule has 1 aromatic rings. The van der Waals surface area contributed by atoms with Gasteiger partial charge in [-0.25, -0.2) is 4.98 Å². The van der Waals surface area contributed by atoms with E-state index in [1.165, 1.54) is 6.33 Å². The number of piperidine rings is 1. The smallest absolute Gasteiger partial charge is 0.267 e. The van der Waals surface area contributed by atoms with E-state index in [2.05, 4.69) is 49.8 Å². The summed E-state index contributed by atoms with van der Waals surface area (Å²) in [6, 6.07) is 0.632. The van der Waals surface area contributed by atoms with E-state index in [1.54, 1.807) is 0 Å². The molecule has 17 heavy (non-hydrogen) atoms. The average Bonchev–Trinajstić information content (AvgIpc) is 2.33. The quantitative estimate of drug-likeness (QED) is 0.887. The van der Waals surface area contributed by atoms with E-state index in [-0.39, 0.29) is 5.56 Å². The van der Waals surface area contributed by atoms with Gasteiger partial charge in [0, 0.05) is 19.1 Å². The number of hydrogen-bond acceptors (Lipinski definition) is 4. The molecule has 0 atom stereocenters. The Kier molecular flexibility index (Phi) is 3.83. The number of aromatic nitrogens is 2. The molecular formula is C11H17BrN4O. The number of rotatable bonds is 2. The zero-order valence-electron chi connectivity index (χ0n) is 10.1. The van der Waals surface area contributed by atoms with Gasteiger partial charge in [0.15, 0.2) is 0 Å². The lowest BCUT2D eigenvalue weighted by Crippen LogP contribution is -2.42. The summed E-state index contributed by atoms with van der Waals surface area (Å²) in [6.45, 7) is 1.88. The molecule has 1 aliphatic rings. The number of nitrogens with one attached hydrogen (secondary N) is 1. The topological polar surface area (TPSA) is 52.2 Å². The molecule has 2 heterocycles. The molecule has 0 unspecified atom stereocenters. The van der Waals surface area contributed by atoms with Crippen LogP contribution in [0.2, 0.25) is 0 Å². The Morgan fingerprint density at radius 2 is 2.12 bits per heavy atom. The number of halogens is 1. The minimum Gasteiger partial charge on any atom is -0.355 e. The summed E-state index contributed by atoms with van der Waals surface area (Å²) in [5, 5.41) is 0. The van der Waals surface area contributed by atoms with E-state index in [0.717, 1.165) is 31.7 Å². The fourth-order valence-corrected chi connectivity index (χ4v) is 2.66. The third kappa shape index (κ3) is 2.69. The van der Waals surface area contributed by atoms with Gasteiger partial charge in [-0.15, -0.1) is 0 Å². The first kappa shape index (κ1) is 12.6. The fraction of sp³-hybridized carbons (Fsp3) is 0.636. The molecule has 1 aromatic heterocycles. The van der Waals surface area contributed by atoms with Crippen LogP contribution < -0.4 is 10.5 Å². The lowest BCUT2D eigenvalue weighted by Gasteiger charge is -2.35. The van der Waals surface area contributed by atoms with Gasteiger partial charge < -0.3 is 14.8 Å². The Hall–Kier alpha value is -0.880. The highest BCUT2D eigenvalue weighted by Gasteiger charge is 2.23. The van der Waals surface area contributed by atoms with Crippen molar-refractivity contribution in [3.8, 4) is 0 Å². The largest absolute Gasteiger partial charge is 0.355 e. The van der Waals surface area contributed by atoms with E-state index in [0.29, 0.717) is 10.5 Å². The second-order valence-corrected chi connectivity index (χ2v) is 5.34. The van der Waals surface area contributed by atoms with Gasteiger partial charge >= 0.3 is 0 Å². The third-order valence-corrected chi connectivity index (χ3v) is 3.99.